The predicted octanol–water partition coefficient (Wildman–Crippen LogP) is 4.58. The SMILES string of the molecule is CC(C)(C)[Si](C)(C)OCCC/C=C/CCl. The van der Waals surface area contributed by atoms with Gasteiger partial charge in [0.05, 0.1) is 0 Å². The Labute approximate surface area is 101 Å². The fourth-order valence-electron chi connectivity index (χ4n) is 0.926. The average molecular weight is 249 g/mol. The van der Waals surface area contributed by atoms with Crippen LogP contribution in [0.2, 0.25) is 18.1 Å². The van der Waals surface area contributed by atoms with Gasteiger partial charge in [-0.2, -0.15) is 0 Å². The van der Waals surface area contributed by atoms with Crippen LogP contribution in [0.15, 0.2) is 12.2 Å². The topological polar surface area (TPSA) is 9.23 Å². The van der Waals surface area contributed by atoms with Crippen molar-refractivity contribution in [3.05, 3.63) is 12.2 Å². The van der Waals surface area contributed by atoms with E-state index in [-0.39, 0.29) is 0 Å². The van der Waals surface area contributed by atoms with Gasteiger partial charge in [-0.15, -0.1) is 11.6 Å². The second-order valence-electron chi connectivity index (χ2n) is 5.38. The molecule has 0 aliphatic rings. The van der Waals surface area contributed by atoms with E-state index in [2.05, 4.69) is 39.9 Å². The minimum atomic E-state index is -1.52. The molecule has 0 bridgehead atoms. The fraction of sp³-hybridized carbons (Fsp3) is 0.833. The summed E-state index contributed by atoms with van der Waals surface area (Å²) in [7, 11) is -1.52. The molecule has 0 unspecified atom stereocenters. The average Bonchev–Trinajstić information content (AvgIpc) is 2.09. The van der Waals surface area contributed by atoms with Crippen molar-refractivity contribution in [1.82, 2.24) is 0 Å². The van der Waals surface area contributed by atoms with Crippen molar-refractivity contribution in [3.8, 4) is 0 Å². The Morgan fingerprint density at radius 2 is 1.80 bits per heavy atom. The molecule has 0 fully saturated rings. The molecule has 0 saturated carbocycles. The zero-order chi connectivity index (χ0) is 11.9. The second kappa shape index (κ2) is 6.72. The molecule has 0 amide bonds. The van der Waals surface area contributed by atoms with E-state index >= 15 is 0 Å². The minimum Gasteiger partial charge on any atom is -0.417 e. The summed E-state index contributed by atoms with van der Waals surface area (Å²) < 4.78 is 6.05. The lowest BCUT2D eigenvalue weighted by Gasteiger charge is -2.36. The number of hydrogen-bond acceptors (Lipinski definition) is 1. The number of rotatable bonds is 6. The first-order valence-electron chi connectivity index (χ1n) is 5.66. The molecule has 90 valence electrons. The van der Waals surface area contributed by atoms with E-state index in [1.807, 2.05) is 6.08 Å². The molecule has 0 radical (unpaired) electrons. The fourth-order valence-corrected chi connectivity index (χ4v) is 2.14. The van der Waals surface area contributed by atoms with E-state index in [9.17, 15) is 0 Å². The van der Waals surface area contributed by atoms with Crippen molar-refractivity contribution in [1.29, 1.82) is 0 Å². The Morgan fingerprint density at radius 1 is 1.20 bits per heavy atom. The van der Waals surface area contributed by atoms with Gasteiger partial charge >= 0.3 is 0 Å². The lowest BCUT2D eigenvalue weighted by molar-refractivity contribution is 0.283. The van der Waals surface area contributed by atoms with E-state index in [0.717, 1.165) is 19.4 Å². The number of alkyl halides is 1. The van der Waals surface area contributed by atoms with Crippen molar-refractivity contribution < 1.29 is 4.43 Å². The highest BCUT2D eigenvalue weighted by atomic mass is 35.5. The lowest BCUT2D eigenvalue weighted by atomic mass is 10.2. The van der Waals surface area contributed by atoms with Gasteiger partial charge in [0.1, 0.15) is 0 Å². The summed E-state index contributed by atoms with van der Waals surface area (Å²) >= 11 is 5.54. The molecule has 1 nitrogen and oxygen atoms in total. The maximum Gasteiger partial charge on any atom is 0.191 e. The number of unbranched alkanes of at least 4 members (excludes halogenated alkanes) is 1. The Morgan fingerprint density at radius 3 is 2.27 bits per heavy atom. The monoisotopic (exact) mass is 248 g/mol. The third-order valence-electron chi connectivity index (χ3n) is 3.04. The van der Waals surface area contributed by atoms with Crippen LogP contribution in [-0.4, -0.2) is 20.8 Å². The van der Waals surface area contributed by atoms with Gasteiger partial charge in [-0.3, -0.25) is 0 Å². The van der Waals surface area contributed by atoms with Crippen molar-refractivity contribution in [2.24, 2.45) is 0 Å². The van der Waals surface area contributed by atoms with Crippen LogP contribution in [0.4, 0.5) is 0 Å². The highest BCUT2D eigenvalue weighted by Gasteiger charge is 2.36. The van der Waals surface area contributed by atoms with Gasteiger partial charge < -0.3 is 4.43 Å². The predicted molar refractivity (Wildman–Crippen MR) is 72.2 cm³/mol. The first-order valence-corrected chi connectivity index (χ1v) is 9.10. The third kappa shape index (κ3) is 6.39. The molecule has 0 aromatic heterocycles. The highest BCUT2D eigenvalue weighted by molar-refractivity contribution is 6.74. The summed E-state index contributed by atoms with van der Waals surface area (Å²) in [5, 5.41) is 0.318. The van der Waals surface area contributed by atoms with Crippen molar-refractivity contribution in [3.63, 3.8) is 0 Å². The van der Waals surface area contributed by atoms with Crippen molar-refractivity contribution in [2.45, 2.75) is 51.7 Å². The van der Waals surface area contributed by atoms with Gasteiger partial charge in [0.2, 0.25) is 0 Å². The Hall–Kier alpha value is 0.207. The first kappa shape index (κ1) is 15.2. The number of hydrogen-bond donors (Lipinski definition) is 0. The summed E-state index contributed by atoms with van der Waals surface area (Å²) in [5.74, 6) is 0.614. The largest absolute Gasteiger partial charge is 0.417 e. The van der Waals surface area contributed by atoms with E-state index in [4.69, 9.17) is 16.0 Å². The van der Waals surface area contributed by atoms with Crippen LogP contribution in [0.3, 0.4) is 0 Å². The summed E-state index contributed by atoms with van der Waals surface area (Å²) in [4.78, 5) is 0. The van der Waals surface area contributed by atoms with Crippen molar-refractivity contribution in [2.75, 3.05) is 12.5 Å². The van der Waals surface area contributed by atoms with Gasteiger partial charge in [0.15, 0.2) is 8.32 Å². The maximum atomic E-state index is 6.05. The smallest absolute Gasteiger partial charge is 0.191 e. The first-order chi connectivity index (χ1) is 6.81. The normalized spacial score (nSPS) is 13.7. The van der Waals surface area contributed by atoms with Gasteiger partial charge in [0.25, 0.3) is 0 Å². The zero-order valence-electron chi connectivity index (χ0n) is 10.8. The van der Waals surface area contributed by atoms with Crippen LogP contribution in [0, 0.1) is 0 Å². The third-order valence-corrected chi connectivity index (χ3v) is 7.76. The Kier molecular flexibility index (Phi) is 6.81. The standard InChI is InChI=1S/C12H25ClOSi/c1-12(2,3)15(4,5)14-11-9-7-6-8-10-13/h6,8H,7,9-11H2,1-5H3/b8-6+. The molecule has 0 rings (SSSR count). The van der Waals surface area contributed by atoms with Gasteiger partial charge in [-0.25, -0.2) is 0 Å². The molecule has 15 heavy (non-hydrogen) atoms. The van der Waals surface area contributed by atoms with Gasteiger partial charge in [-0.1, -0.05) is 32.9 Å². The molecular formula is C12H25ClOSi. The highest BCUT2D eigenvalue weighted by Crippen LogP contribution is 2.36. The molecule has 0 spiro atoms. The molecule has 0 heterocycles. The molecule has 0 aliphatic carbocycles. The van der Waals surface area contributed by atoms with E-state index in [1.165, 1.54) is 0 Å². The van der Waals surface area contributed by atoms with Gasteiger partial charge in [-0.05, 0) is 31.0 Å². The minimum absolute atomic E-state index is 0.318. The quantitative estimate of drug-likeness (QED) is 0.289. The molecule has 0 aliphatic heterocycles. The summed E-state index contributed by atoms with van der Waals surface area (Å²) in [6, 6.07) is 0. The van der Waals surface area contributed by atoms with Crippen molar-refractivity contribution >= 4 is 19.9 Å². The Bertz CT molecular complexity index is 194. The van der Waals surface area contributed by atoms with E-state index < -0.39 is 8.32 Å². The molecule has 0 saturated heterocycles. The Balaban J connectivity index is 3.72. The lowest BCUT2D eigenvalue weighted by Crippen LogP contribution is -2.40. The zero-order valence-corrected chi connectivity index (χ0v) is 12.5. The number of halogens is 1. The number of allylic oxidation sites excluding steroid dienone is 2. The van der Waals surface area contributed by atoms with Crippen LogP contribution in [0.25, 0.3) is 0 Å². The molecule has 0 aromatic rings. The summed E-state index contributed by atoms with van der Waals surface area (Å²) in [5.41, 5.74) is 0. The van der Waals surface area contributed by atoms with E-state index in [1.54, 1.807) is 0 Å². The van der Waals surface area contributed by atoms with E-state index in [0.29, 0.717) is 10.9 Å². The second-order valence-corrected chi connectivity index (χ2v) is 10.5. The van der Waals surface area contributed by atoms with Crippen LogP contribution in [-0.2, 0) is 4.43 Å². The van der Waals surface area contributed by atoms with Crippen LogP contribution < -0.4 is 0 Å². The van der Waals surface area contributed by atoms with Crippen LogP contribution >= 0.6 is 11.6 Å². The molecule has 0 atom stereocenters. The molecule has 0 aromatic carbocycles. The van der Waals surface area contributed by atoms with Gasteiger partial charge in [0, 0.05) is 12.5 Å². The maximum absolute atomic E-state index is 6.05. The molecular weight excluding hydrogens is 224 g/mol. The molecule has 0 N–H and O–H groups in total. The molecule has 3 heteroatoms. The summed E-state index contributed by atoms with van der Waals surface area (Å²) in [6.45, 7) is 12.3. The summed E-state index contributed by atoms with van der Waals surface area (Å²) in [6.07, 6.45) is 6.29. The van der Waals surface area contributed by atoms with Crippen LogP contribution in [0.5, 0.6) is 0 Å². The van der Waals surface area contributed by atoms with Crippen LogP contribution in [0.1, 0.15) is 33.6 Å².